The van der Waals surface area contributed by atoms with Gasteiger partial charge in [0, 0.05) is 5.69 Å². The molecule has 2 aromatic rings. The van der Waals surface area contributed by atoms with E-state index in [0.717, 1.165) is 31.9 Å². The largest absolute Gasteiger partial charge is 0.508 e. The Bertz CT molecular complexity index is 619. The normalized spacial score (nSPS) is 16.0. The molecular formula is C17H19ClFN2O+. The second kappa shape index (κ2) is 6.55. The number of halogens is 2. The quantitative estimate of drug-likeness (QED) is 0.906. The summed E-state index contributed by atoms with van der Waals surface area (Å²) in [4.78, 5) is 3.62. The molecule has 2 N–H and O–H groups in total. The number of piperazine rings is 1. The monoisotopic (exact) mass is 321 g/mol. The third kappa shape index (κ3) is 3.34. The summed E-state index contributed by atoms with van der Waals surface area (Å²) in [6, 6.07) is 12.1. The lowest BCUT2D eigenvalue weighted by molar-refractivity contribution is -0.914. The van der Waals surface area contributed by atoms with Crippen molar-refractivity contribution in [3.63, 3.8) is 0 Å². The van der Waals surface area contributed by atoms with Gasteiger partial charge in [0.15, 0.2) is 0 Å². The van der Waals surface area contributed by atoms with Crippen LogP contribution in [-0.4, -0.2) is 31.3 Å². The van der Waals surface area contributed by atoms with E-state index in [9.17, 15) is 9.50 Å². The molecule has 1 fully saturated rings. The first kappa shape index (κ1) is 15.1. The van der Waals surface area contributed by atoms with E-state index >= 15 is 0 Å². The first-order valence-electron chi connectivity index (χ1n) is 7.44. The molecule has 0 spiro atoms. The van der Waals surface area contributed by atoms with Crippen molar-refractivity contribution in [1.82, 2.24) is 0 Å². The van der Waals surface area contributed by atoms with Gasteiger partial charge in [0.25, 0.3) is 0 Å². The van der Waals surface area contributed by atoms with Gasteiger partial charge in [-0.1, -0.05) is 17.7 Å². The van der Waals surface area contributed by atoms with E-state index in [4.69, 9.17) is 11.6 Å². The van der Waals surface area contributed by atoms with Crippen LogP contribution < -0.4 is 9.80 Å². The summed E-state index contributed by atoms with van der Waals surface area (Å²) < 4.78 is 13.9. The number of hydrogen-bond donors (Lipinski definition) is 2. The maximum Gasteiger partial charge on any atom is 0.133 e. The zero-order valence-electron chi connectivity index (χ0n) is 12.2. The number of phenols is 1. The molecule has 3 nitrogen and oxygen atoms in total. The van der Waals surface area contributed by atoms with Crippen molar-refractivity contribution in [1.29, 1.82) is 0 Å². The number of nitrogens with zero attached hydrogens (tertiary/aromatic N) is 1. The lowest BCUT2D eigenvalue weighted by atomic mass is 10.1. The lowest BCUT2D eigenvalue weighted by Crippen LogP contribution is -3.13. The van der Waals surface area contributed by atoms with Crippen LogP contribution in [0.4, 0.5) is 10.1 Å². The summed E-state index contributed by atoms with van der Waals surface area (Å²) >= 11 is 6.10. The van der Waals surface area contributed by atoms with Crippen molar-refractivity contribution >= 4 is 17.3 Å². The number of phenolic OH excluding ortho intramolecular Hbond substituents is 1. The van der Waals surface area contributed by atoms with E-state index in [2.05, 4.69) is 4.90 Å². The molecule has 22 heavy (non-hydrogen) atoms. The molecule has 0 saturated carbocycles. The van der Waals surface area contributed by atoms with Gasteiger partial charge in [-0.05, 0) is 36.4 Å². The Balaban J connectivity index is 1.61. The molecule has 3 rings (SSSR count). The van der Waals surface area contributed by atoms with Crippen LogP contribution in [0.5, 0.6) is 5.75 Å². The fourth-order valence-corrected chi connectivity index (χ4v) is 3.10. The van der Waals surface area contributed by atoms with Crippen LogP contribution in [0.25, 0.3) is 0 Å². The average Bonchev–Trinajstić information content (AvgIpc) is 2.53. The Morgan fingerprint density at radius 2 is 1.77 bits per heavy atom. The predicted octanol–water partition coefficient (Wildman–Crippen LogP) is 2.09. The predicted molar refractivity (Wildman–Crippen MR) is 86.1 cm³/mol. The van der Waals surface area contributed by atoms with Gasteiger partial charge in [-0.2, -0.15) is 0 Å². The van der Waals surface area contributed by atoms with E-state index < -0.39 is 0 Å². The molecule has 1 saturated heterocycles. The Labute approximate surface area is 134 Å². The average molecular weight is 322 g/mol. The van der Waals surface area contributed by atoms with E-state index in [1.54, 1.807) is 24.3 Å². The van der Waals surface area contributed by atoms with Crippen molar-refractivity contribution in [2.45, 2.75) is 6.54 Å². The summed E-state index contributed by atoms with van der Waals surface area (Å²) in [7, 11) is 0. The summed E-state index contributed by atoms with van der Waals surface area (Å²) in [5.74, 6) is 0.0585. The first-order chi connectivity index (χ1) is 10.6. The zero-order valence-corrected chi connectivity index (χ0v) is 13.0. The van der Waals surface area contributed by atoms with Crippen molar-refractivity contribution in [3.05, 3.63) is 58.9 Å². The first-order valence-corrected chi connectivity index (χ1v) is 7.82. The van der Waals surface area contributed by atoms with Gasteiger partial charge in [0.1, 0.15) is 18.1 Å². The zero-order chi connectivity index (χ0) is 15.5. The number of benzene rings is 2. The lowest BCUT2D eigenvalue weighted by Gasteiger charge is -2.33. The third-order valence-corrected chi connectivity index (χ3v) is 4.53. The highest BCUT2D eigenvalue weighted by atomic mass is 35.5. The van der Waals surface area contributed by atoms with Crippen LogP contribution in [0.1, 0.15) is 5.56 Å². The van der Waals surface area contributed by atoms with E-state index in [1.807, 2.05) is 12.1 Å². The second-order valence-corrected chi connectivity index (χ2v) is 6.04. The molecule has 0 amide bonds. The SMILES string of the molecule is Oc1ccc(N2CC[NH+](Cc3c(F)cccc3Cl)CC2)cc1. The molecule has 1 aliphatic heterocycles. The Hall–Kier alpha value is -1.78. The van der Waals surface area contributed by atoms with Crippen LogP contribution in [0.15, 0.2) is 42.5 Å². The van der Waals surface area contributed by atoms with E-state index in [-0.39, 0.29) is 11.6 Å². The van der Waals surface area contributed by atoms with Gasteiger partial charge >= 0.3 is 0 Å². The highest BCUT2D eigenvalue weighted by molar-refractivity contribution is 6.31. The number of hydrogen-bond acceptors (Lipinski definition) is 2. The highest BCUT2D eigenvalue weighted by Crippen LogP contribution is 2.19. The Morgan fingerprint density at radius 1 is 1.09 bits per heavy atom. The van der Waals surface area contributed by atoms with Crippen molar-refractivity contribution < 1.29 is 14.4 Å². The summed E-state index contributed by atoms with van der Waals surface area (Å²) in [6.07, 6.45) is 0. The van der Waals surface area contributed by atoms with E-state index in [1.165, 1.54) is 11.0 Å². The minimum Gasteiger partial charge on any atom is -0.508 e. The molecule has 0 aromatic heterocycles. The Kier molecular flexibility index (Phi) is 4.50. The third-order valence-electron chi connectivity index (χ3n) is 4.17. The molecule has 1 aliphatic rings. The molecule has 2 aromatic carbocycles. The van der Waals surface area contributed by atoms with Crippen LogP contribution >= 0.6 is 11.6 Å². The molecule has 0 bridgehead atoms. The molecule has 116 valence electrons. The molecule has 0 atom stereocenters. The molecule has 5 heteroatoms. The van der Waals surface area contributed by atoms with Crippen LogP contribution in [-0.2, 0) is 6.54 Å². The summed E-state index contributed by atoms with van der Waals surface area (Å²) in [5.41, 5.74) is 1.72. The minimum atomic E-state index is -0.221. The molecular weight excluding hydrogens is 303 g/mol. The summed E-state index contributed by atoms with van der Waals surface area (Å²) in [6.45, 7) is 4.31. The maximum atomic E-state index is 13.9. The molecule has 0 radical (unpaired) electrons. The maximum absolute atomic E-state index is 13.9. The number of rotatable bonds is 3. The fraction of sp³-hybridized carbons (Fsp3) is 0.294. The highest BCUT2D eigenvalue weighted by Gasteiger charge is 2.22. The van der Waals surface area contributed by atoms with Gasteiger partial charge in [-0.15, -0.1) is 0 Å². The smallest absolute Gasteiger partial charge is 0.133 e. The van der Waals surface area contributed by atoms with Gasteiger partial charge in [0.2, 0.25) is 0 Å². The van der Waals surface area contributed by atoms with Crippen molar-refractivity contribution in [3.8, 4) is 5.75 Å². The van der Waals surface area contributed by atoms with Gasteiger partial charge in [-0.3, -0.25) is 0 Å². The fourth-order valence-electron chi connectivity index (χ4n) is 2.87. The van der Waals surface area contributed by atoms with Crippen molar-refractivity contribution in [2.24, 2.45) is 0 Å². The summed E-state index contributed by atoms with van der Waals surface area (Å²) in [5, 5.41) is 9.85. The second-order valence-electron chi connectivity index (χ2n) is 5.63. The van der Waals surface area contributed by atoms with Gasteiger partial charge in [-0.25, -0.2) is 4.39 Å². The van der Waals surface area contributed by atoms with Crippen LogP contribution in [0, 0.1) is 5.82 Å². The Morgan fingerprint density at radius 3 is 2.41 bits per heavy atom. The van der Waals surface area contributed by atoms with Gasteiger partial charge < -0.3 is 14.9 Å². The number of anilines is 1. The molecule has 0 unspecified atom stereocenters. The van der Waals surface area contributed by atoms with Gasteiger partial charge in [0.05, 0.1) is 36.8 Å². The van der Waals surface area contributed by atoms with Crippen LogP contribution in [0.2, 0.25) is 5.02 Å². The molecule has 0 aliphatic carbocycles. The molecule has 1 heterocycles. The number of quaternary nitrogens is 1. The minimum absolute atomic E-state index is 0.221. The number of nitrogens with one attached hydrogen (secondary N) is 1. The van der Waals surface area contributed by atoms with Crippen molar-refractivity contribution in [2.75, 3.05) is 31.1 Å². The number of aromatic hydroxyl groups is 1. The van der Waals surface area contributed by atoms with Crippen LogP contribution in [0.3, 0.4) is 0 Å². The topological polar surface area (TPSA) is 27.9 Å². The van der Waals surface area contributed by atoms with E-state index in [0.29, 0.717) is 17.1 Å². The standard InChI is InChI=1S/C17H18ClFN2O/c18-16-2-1-3-17(19)15(16)12-20-8-10-21(11-9-20)13-4-6-14(22)7-5-13/h1-7,22H,8-12H2/p+1.